The molecule has 1 aliphatic rings. The predicted molar refractivity (Wildman–Crippen MR) is 74.1 cm³/mol. The Morgan fingerprint density at radius 3 is 2.70 bits per heavy atom. The first-order valence-electron chi connectivity index (χ1n) is 6.57. The van der Waals surface area contributed by atoms with E-state index in [0.717, 1.165) is 22.6 Å². The summed E-state index contributed by atoms with van der Waals surface area (Å²) in [5.41, 5.74) is 2.64. The van der Waals surface area contributed by atoms with Crippen molar-refractivity contribution >= 4 is 5.69 Å². The first-order chi connectivity index (χ1) is 9.61. The minimum atomic E-state index is -0.243. The van der Waals surface area contributed by atoms with Crippen LogP contribution in [0.1, 0.15) is 11.1 Å². The quantitative estimate of drug-likeness (QED) is 0.922. The maximum absolute atomic E-state index is 13.1. The van der Waals surface area contributed by atoms with E-state index < -0.39 is 0 Å². The van der Waals surface area contributed by atoms with Gasteiger partial charge in [-0.15, -0.1) is 0 Å². The molecule has 1 N–H and O–H groups in total. The maximum Gasteiger partial charge on any atom is 0.123 e. The summed E-state index contributed by atoms with van der Waals surface area (Å²) in [7, 11) is 0. The Morgan fingerprint density at radius 2 is 1.90 bits per heavy atom. The molecule has 0 saturated heterocycles. The minimum absolute atomic E-state index is 0.0312. The van der Waals surface area contributed by atoms with Gasteiger partial charge in [-0.3, -0.25) is 0 Å². The van der Waals surface area contributed by atoms with Gasteiger partial charge in [0.2, 0.25) is 0 Å². The van der Waals surface area contributed by atoms with E-state index in [4.69, 9.17) is 4.74 Å². The highest BCUT2D eigenvalue weighted by Gasteiger charge is 2.23. The molecule has 2 aromatic carbocycles. The molecule has 1 heterocycles. The van der Waals surface area contributed by atoms with Crippen molar-refractivity contribution in [1.29, 1.82) is 0 Å². The van der Waals surface area contributed by atoms with Crippen molar-refractivity contribution in [1.82, 2.24) is 0 Å². The fourth-order valence-electron chi connectivity index (χ4n) is 2.45. The normalized spacial score (nSPS) is 16.6. The van der Waals surface area contributed by atoms with E-state index >= 15 is 0 Å². The average molecular weight is 275 g/mol. The molecule has 20 heavy (non-hydrogen) atoms. The number of benzene rings is 2. The molecular weight excluding hydrogens is 260 g/mol. The first kappa shape index (κ1) is 12.9. The fourth-order valence-corrected chi connectivity index (χ4v) is 2.45. The van der Waals surface area contributed by atoms with Crippen LogP contribution in [0.2, 0.25) is 0 Å². The van der Waals surface area contributed by atoms with Crippen LogP contribution in [-0.4, -0.2) is 12.6 Å². The summed E-state index contributed by atoms with van der Waals surface area (Å²) in [6.45, 7) is 2.45. The molecule has 1 unspecified atom stereocenters. The van der Waals surface area contributed by atoms with E-state index in [0.29, 0.717) is 13.0 Å². The molecule has 0 aromatic heterocycles. The Hall–Kier alpha value is -2.10. The number of halogens is 2. The van der Waals surface area contributed by atoms with Crippen molar-refractivity contribution in [2.45, 2.75) is 19.4 Å². The Kier molecular flexibility index (Phi) is 3.30. The largest absolute Gasteiger partial charge is 0.488 e. The van der Waals surface area contributed by atoms with Gasteiger partial charge in [0.05, 0.1) is 6.54 Å². The number of fused-ring (bicyclic) bond motifs is 1. The summed E-state index contributed by atoms with van der Waals surface area (Å²) < 4.78 is 31.9. The molecule has 0 amide bonds. The molecule has 104 valence electrons. The summed E-state index contributed by atoms with van der Waals surface area (Å²) >= 11 is 0. The molecule has 0 fully saturated rings. The Balaban J connectivity index is 1.63. The van der Waals surface area contributed by atoms with Crippen molar-refractivity contribution in [2.75, 3.05) is 11.9 Å². The van der Waals surface area contributed by atoms with Crippen molar-refractivity contribution in [2.24, 2.45) is 0 Å². The van der Waals surface area contributed by atoms with Crippen LogP contribution >= 0.6 is 0 Å². The zero-order valence-corrected chi connectivity index (χ0v) is 11.1. The summed E-state index contributed by atoms with van der Waals surface area (Å²) in [5, 5.41) is 3.25. The zero-order valence-electron chi connectivity index (χ0n) is 11.1. The lowest BCUT2D eigenvalue weighted by Crippen LogP contribution is -2.24. The zero-order chi connectivity index (χ0) is 14.1. The van der Waals surface area contributed by atoms with Crippen LogP contribution in [0, 0.1) is 18.6 Å². The van der Waals surface area contributed by atoms with Crippen LogP contribution in [0.3, 0.4) is 0 Å². The van der Waals surface area contributed by atoms with Gasteiger partial charge in [0.25, 0.3) is 0 Å². The van der Waals surface area contributed by atoms with E-state index in [1.54, 1.807) is 12.1 Å². The minimum Gasteiger partial charge on any atom is -0.488 e. The van der Waals surface area contributed by atoms with E-state index in [1.165, 1.54) is 24.3 Å². The van der Waals surface area contributed by atoms with Crippen LogP contribution in [0.15, 0.2) is 36.4 Å². The first-order valence-corrected chi connectivity index (χ1v) is 6.57. The predicted octanol–water partition coefficient (Wildman–Crippen LogP) is 3.69. The number of hydrogen-bond donors (Lipinski definition) is 1. The third-order valence-corrected chi connectivity index (χ3v) is 3.47. The van der Waals surface area contributed by atoms with Gasteiger partial charge in [-0.2, -0.15) is 0 Å². The van der Waals surface area contributed by atoms with Crippen molar-refractivity contribution in [3.8, 4) is 5.75 Å². The highest BCUT2D eigenvalue weighted by molar-refractivity contribution is 5.51. The van der Waals surface area contributed by atoms with Crippen molar-refractivity contribution < 1.29 is 13.5 Å². The molecule has 3 rings (SSSR count). The van der Waals surface area contributed by atoms with Gasteiger partial charge in [0, 0.05) is 17.7 Å². The molecule has 0 aliphatic carbocycles. The third-order valence-electron chi connectivity index (χ3n) is 3.47. The molecule has 2 aromatic rings. The van der Waals surface area contributed by atoms with Crippen LogP contribution in [0.25, 0.3) is 0 Å². The number of nitrogens with one attached hydrogen (secondary N) is 1. The monoisotopic (exact) mass is 275 g/mol. The van der Waals surface area contributed by atoms with Crippen molar-refractivity contribution in [3.05, 3.63) is 59.2 Å². The van der Waals surface area contributed by atoms with E-state index in [9.17, 15) is 8.78 Å². The Morgan fingerprint density at radius 1 is 1.15 bits per heavy atom. The van der Waals surface area contributed by atoms with E-state index in [-0.39, 0.29) is 17.7 Å². The van der Waals surface area contributed by atoms with Crippen LogP contribution < -0.4 is 10.1 Å². The highest BCUT2D eigenvalue weighted by atomic mass is 19.1. The van der Waals surface area contributed by atoms with Crippen LogP contribution in [0.5, 0.6) is 5.75 Å². The Labute approximate surface area is 116 Å². The summed E-state index contributed by atoms with van der Waals surface area (Å²) in [6.07, 6.45) is 0.650. The molecule has 4 heteroatoms. The van der Waals surface area contributed by atoms with E-state index in [2.05, 4.69) is 5.32 Å². The third kappa shape index (κ3) is 2.59. The molecule has 0 radical (unpaired) electrons. The SMILES string of the molecule is Cc1cc(F)ccc1NCC1Cc2cc(F)ccc2O1. The number of rotatable bonds is 3. The fraction of sp³-hybridized carbons (Fsp3) is 0.250. The molecule has 0 saturated carbocycles. The second-order valence-corrected chi connectivity index (χ2v) is 5.04. The van der Waals surface area contributed by atoms with Gasteiger partial charge in [0.1, 0.15) is 23.5 Å². The highest BCUT2D eigenvalue weighted by Crippen LogP contribution is 2.29. The standard InChI is InChI=1S/C16H15F2NO/c1-10-6-12(17)2-4-15(10)19-9-14-8-11-7-13(18)3-5-16(11)20-14/h2-7,14,19H,8-9H2,1H3. The lowest BCUT2D eigenvalue weighted by atomic mass is 10.1. The maximum atomic E-state index is 13.1. The van der Waals surface area contributed by atoms with Gasteiger partial charge in [0.15, 0.2) is 0 Å². The number of hydrogen-bond acceptors (Lipinski definition) is 2. The molecular formula is C16H15F2NO. The number of ether oxygens (including phenoxy) is 1. The lowest BCUT2D eigenvalue weighted by Gasteiger charge is -2.14. The van der Waals surface area contributed by atoms with Crippen LogP contribution in [-0.2, 0) is 6.42 Å². The van der Waals surface area contributed by atoms with E-state index in [1.807, 2.05) is 6.92 Å². The van der Waals surface area contributed by atoms with Gasteiger partial charge in [-0.25, -0.2) is 8.78 Å². The molecule has 1 aliphatic heterocycles. The van der Waals surface area contributed by atoms with Gasteiger partial charge in [-0.05, 0) is 48.9 Å². The smallest absolute Gasteiger partial charge is 0.123 e. The second kappa shape index (κ2) is 5.12. The molecule has 2 nitrogen and oxygen atoms in total. The van der Waals surface area contributed by atoms with Gasteiger partial charge < -0.3 is 10.1 Å². The second-order valence-electron chi connectivity index (χ2n) is 5.04. The topological polar surface area (TPSA) is 21.3 Å². The lowest BCUT2D eigenvalue weighted by molar-refractivity contribution is 0.246. The average Bonchev–Trinajstić information content (AvgIpc) is 2.79. The number of aryl methyl sites for hydroxylation is 1. The summed E-state index contributed by atoms with van der Waals surface area (Å²) in [6, 6.07) is 9.20. The van der Waals surface area contributed by atoms with Gasteiger partial charge >= 0.3 is 0 Å². The molecule has 0 spiro atoms. The van der Waals surface area contributed by atoms with Crippen LogP contribution in [0.4, 0.5) is 14.5 Å². The molecule has 0 bridgehead atoms. The summed E-state index contributed by atoms with van der Waals surface area (Å²) in [4.78, 5) is 0. The van der Waals surface area contributed by atoms with Crippen molar-refractivity contribution in [3.63, 3.8) is 0 Å². The number of anilines is 1. The molecule has 1 atom stereocenters. The Bertz CT molecular complexity index is 642. The van der Waals surface area contributed by atoms with Gasteiger partial charge in [-0.1, -0.05) is 0 Å². The summed E-state index contributed by atoms with van der Waals surface area (Å²) in [5.74, 6) is 0.261.